The Morgan fingerprint density at radius 2 is 1.83 bits per heavy atom. The zero-order valence-electron chi connectivity index (χ0n) is 21.3. The van der Waals surface area contributed by atoms with Crippen LogP contribution in [0, 0.1) is 0 Å². The number of hydrogen-bond acceptors (Lipinski definition) is 6. The Balaban J connectivity index is 1.76. The maximum Gasteiger partial charge on any atom is 0.337 e. The third-order valence-electron chi connectivity index (χ3n) is 6.99. The van der Waals surface area contributed by atoms with Crippen molar-refractivity contribution < 1.29 is 23.8 Å². The van der Waals surface area contributed by atoms with Gasteiger partial charge in [-0.15, -0.1) is 0 Å². The van der Waals surface area contributed by atoms with Crippen LogP contribution in [0.25, 0.3) is 0 Å². The summed E-state index contributed by atoms with van der Waals surface area (Å²) in [4.78, 5) is 27.1. The van der Waals surface area contributed by atoms with Crippen molar-refractivity contribution in [3.8, 4) is 11.5 Å². The number of benzene rings is 2. The van der Waals surface area contributed by atoms with E-state index in [9.17, 15) is 9.59 Å². The second-order valence-corrected chi connectivity index (χ2v) is 9.75. The van der Waals surface area contributed by atoms with E-state index >= 15 is 0 Å². The number of ketones is 1. The van der Waals surface area contributed by atoms with Gasteiger partial charge in [0.25, 0.3) is 0 Å². The third kappa shape index (κ3) is 5.00. The molecule has 6 nitrogen and oxygen atoms in total. The minimum Gasteiger partial charge on any atom is -0.493 e. The number of ether oxygens (including phenoxy) is 3. The number of carbonyl (C=O) groups is 2. The molecule has 1 heterocycles. The number of hydrogen-bond donors (Lipinski definition) is 1. The standard InChI is InChI=1S/C29H32ClNO5/c1-6-16(2)36-29(33)26-17(3)31-22-13-20(18-10-11-24(34-4)25(15-18)35-5)14-23(32)28(22)27(26)19-8-7-9-21(30)12-19/h7-12,15-16,20,27,31H,6,13-14H2,1-5H3/t16-,20-,27+/m1/s1. The highest BCUT2D eigenvalue weighted by atomic mass is 35.5. The molecule has 7 heteroatoms. The van der Waals surface area contributed by atoms with E-state index in [0.717, 1.165) is 16.8 Å². The largest absolute Gasteiger partial charge is 0.493 e. The Hall–Kier alpha value is -3.25. The van der Waals surface area contributed by atoms with Gasteiger partial charge in [-0.1, -0.05) is 36.7 Å². The Bertz CT molecular complexity index is 1250. The summed E-state index contributed by atoms with van der Waals surface area (Å²) < 4.78 is 16.6. The predicted molar refractivity (Wildman–Crippen MR) is 139 cm³/mol. The zero-order valence-corrected chi connectivity index (χ0v) is 22.1. The summed E-state index contributed by atoms with van der Waals surface area (Å²) in [5.74, 6) is 0.265. The van der Waals surface area contributed by atoms with Crippen LogP contribution >= 0.6 is 11.6 Å². The molecule has 1 N–H and O–H groups in total. The van der Waals surface area contributed by atoms with Gasteiger partial charge >= 0.3 is 5.97 Å². The van der Waals surface area contributed by atoms with Crippen LogP contribution in [0.5, 0.6) is 11.5 Å². The lowest BCUT2D eigenvalue weighted by Gasteiger charge is -2.37. The fraction of sp³-hybridized carbons (Fsp3) is 0.379. The summed E-state index contributed by atoms with van der Waals surface area (Å²) >= 11 is 6.33. The van der Waals surface area contributed by atoms with E-state index in [1.54, 1.807) is 20.3 Å². The number of Topliss-reactive ketones (excluding diaryl/α,β-unsaturated/α-hetero) is 1. The van der Waals surface area contributed by atoms with Crippen molar-refractivity contribution in [2.24, 2.45) is 0 Å². The molecule has 190 valence electrons. The molecule has 3 atom stereocenters. The molecule has 0 saturated carbocycles. The van der Waals surface area contributed by atoms with Crippen molar-refractivity contribution in [1.29, 1.82) is 0 Å². The molecule has 0 fully saturated rings. The first-order valence-electron chi connectivity index (χ1n) is 12.2. The molecule has 2 aromatic rings. The Morgan fingerprint density at radius 1 is 1.08 bits per heavy atom. The summed E-state index contributed by atoms with van der Waals surface area (Å²) in [7, 11) is 3.19. The minimum absolute atomic E-state index is 0.00477. The smallest absolute Gasteiger partial charge is 0.337 e. The second kappa shape index (κ2) is 10.8. The molecule has 0 aromatic heterocycles. The number of allylic oxidation sites excluding steroid dienone is 3. The molecule has 0 saturated heterocycles. The van der Waals surface area contributed by atoms with Crippen LogP contribution in [-0.2, 0) is 14.3 Å². The van der Waals surface area contributed by atoms with E-state index in [0.29, 0.717) is 52.6 Å². The number of nitrogens with one attached hydrogen (secondary N) is 1. The summed E-state index contributed by atoms with van der Waals surface area (Å²) in [6.45, 7) is 5.69. The van der Waals surface area contributed by atoms with Crippen molar-refractivity contribution in [2.45, 2.75) is 58.0 Å². The highest BCUT2D eigenvalue weighted by Crippen LogP contribution is 2.46. The third-order valence-corrected chi connectivity index (χ3v) is 7.23. The van der Waals surface area contributed by atoms with Crippen LogP contribution < -0.4 is 14.8 Å². The van der Waals surface area contributed by atoms with E-state index in [-0.39, 0.29) is 17.8 Å². The first kappa shape index (κ1) is 25.8. The molecule has 0 spiro atoms. The van der Waals surface area contributed by atoms with E-state index in [1.165, 1.54) is 0 Å². The topological polar surface area (TPSA) is 73.9 Å². The molecule has 0 radical (unpaired) electrons. The summed E-state index contributed by atoms with van der Waals surface area (Å²) in [5.41, 5.74) is 4.37. The van der Waals surface area contributed by atoms with E-state index < -0.39 is 11.9 Å². The van der Waals surface area contributed by atoms with Gasteiger partial charge in [-0.25, -0.2) is 4.79 Å². The number of esters is 1. The summed E-state index contributed by atoms with van der Waals surface area (Å²) in [5, 5.41) is 3.93. The van der Waals surface area contributed by atoms with Crippen LogP contribution in [0.1, 0.15) is 63.0 Å². The highest BCUT2D eigenvalue weighted by molar-refractivity contribution is 6.30. The van der Waals surface area contributed by atoms with Gasteiger partial charge in [-0.3, -0.25) is 4.79 Å². The second-order valence-electron chi connectivity index (χ2n) is 9.31. The average Bonchev–Trinajstić information content (AvgIpc) is 2.86. The monoisotopic (exact) mass is 509 g/mol. The lowest BCUT2D eigenvalue weighted by molar-refractivity contribution is -0.144. The molecule has 2 aliphatic rings. The molecule has 1 aliphatic carbocycles. The molecule has 2 aromatic carbocycles. The van der Waals surface area contributed by atoms with Crippen molar-refractivity contribution in [2.75, 3.05) is 14.2 Å². The average molecular weight is 510 g/mol. The quantitative estimate of drug-likeness (QED) is 0.457. The maximum absolute atomic E-state index is 13.8. The molecule has 4 rings (SSSR count). The summed E-state index contributed by atoms with van der Waals surface area (Å²) in [6.07, 6.45) is 1.41. The lowest BCUT2D eigenvalue weighted by Crippen LogP contribution is -2.36. The van der Waals surface area contributed by atoms with Gasteiger partial charge in [-0.05, 0) is 68.0 Å². The fourth-order valence-corrected chi connectivity index (χ4v) is 5.20. The van der Waals surface area contributed by atoms with Crippen LogP contribution in [0.3, 0.4) is 0 Å². The normalized spacial score (nSPS) is 20.4. The number of dihydropyridines is 1. The lowest BCUT2D eigenvalue weighted by atomic mass is 9.71. The Labute approximate surface area is 217 Å². The Morgan fingerprint density at radius 3 is 2.50 bits per heavy atom. The van der Waals surface area contributed by atoms with Crippen LogP contribution in [0.4, 0.5) is 0 Å². The van der Waals surface area contributed by atoms with Crippen molar-refractivity contribution in [3.63, 3.8) is 0 Å². The van der Waals surface area contributed by atoms with Crippen molar-refractivity contribution in [1.82, 2.24) is 5.32 Å². The Kier molecular flexibility index (Phi) is 7.74. The van der Waals surface area contributed by atoms with Crippen LogP contribution in [-0.4, -0.2) is 32.1 Å². The first-order valence-corrected chi connectivity index (χ1v) is 12.6. The number of halogens is 1. The van der Waals surface area contributed by atoms with Crippen LogP contribution in [0.15, 0.2) is 65.0 Å². The molecule has 0 amide bonds. The van der Waals surface area contributed by atoms with Crippen LogP contribution in [0.2, 0.25) is 5.02 Å². The molecule has 0 unspecified atom stereocenters. The van der Waals surface area contributed by atoms with Gasteiger partial charge in [0, 0.05) is 34.3 Å². The van der Waals surface area contributed by atoms with Crippen molar-refractivity contribution >= 4 is 23.4 Å². The van der Waals surface area contributed by atoms with E-state index in [2.05, 4.69) is 5.32 Å². The number of carbonyl (C=O) groups excluding carboxylic acids is 2. The molecule has 36 heavy (non-hydrogen) atoms. The van der Waals surface area contributed by atoms with E-state index in [4.69, 9.17) is 25.8 Å². The minimum atomic E-state index is -0.546. The van der Waals surface area contributed by atoms with Gasteiger partial charge in [0.2, 0.25) is 0 Å². The van der Waals surface area contributed by atoms with Gasteiger partial charge in [0.05, 0.1) is 25.9 Å². The number of methoxy groups -OCH3 is 2. The predicted octanol–water partition coefficient (Wildman–Crippen LogP) is 6.06. The van der Waals surface area contributed by atoms with E-state index in [1.807, 2.05) is 57.2 Å². The van der Waals surface area contributed by atoms with Gasteiger partial charge in [-0.2, -0.15) is 0 Å². The molecular formula is C29H32ClNO5. The highest BCUT2D eigenvalue weighted by Gasteiger charge is 2.41. The number of rotatable bonds is 7. The zero-order chi connectivity index (χ0) is 26.0. The van der Waals surface area contributed by atoms with Gasteiger partial charge in [0.1, 0.15) is 0 Å². The summed E-state index contributed by atoms with van der Waals surface area (Å²) in [6, 6.07) is 13.1. The maximum atomic E-state index is 13.8. The van der Waals surface area contributed by atoms with Crippen molar-refractivity contribution in [3.05, 3.63) is 81.2 Å². The van der Waals surface area contributed by atoms with Gasteiger partial charge in [0.15, 0.2) is 17.3 Å². The van der Waals surface area contributed by atoms with Gasteiger partial charge < -0.3 is 19.5 Å². The molecular weight excluding hydrogens is 478 g/mol. The molecule has 1 aliphatic heterocycles. The first-order chi connectivity index (χ1) is 17.3. The SMILES string of the molecule is CC[C@@H](C)OC(=O)C1=C(C)NC2=C(C(=O)C[C@H](c3ccc(OC)c(OC)c3)C2)[C@H]1c1cccc(Cl)c1. The molecule has 0 bridgehead atoms. The fourth-order valence-electron chi connectivity index (χ4n) is 5.00.